The van der Waals surface area contributed by atoms with Gasteiger partial charge in [0, 0.05) is 17.6 Å². The van der Waals surface area contributed by atoms with Crippen LogP contribution in [-0.2, 0) is 6.42 Å². The van der Waals surface area contributed by atoms with Crippen molar-refractivity contribution in [2.45, 2.75) is 38.8 Å². The highest BCUT2D eigenvalue weighted by atomic mass is 16.3. The molecule has 0 heterocycles. The first-order valence-electron chi connectivity index (χ1n) is 7.28. The summed E-state index contributed by atoms with van der Waals surface area (Å²) in [5.74, 6) is 0.385. The molecule has 0 spiro atoms. The molecule has 2 unspecified atom stereocenters. The summed E-state index contributed by atoms with van der Waals surface area (Å²) < 4.78 is 0. The van der Waals surface area contributed by atoms with Crippen LogP contribution in [-0.4, -0.2) is 5.11 Å². The number of benzene rings is 2. The minimum absolute atomic E-state index is 0.145. The van der Waals surface area contributed by atoms with Gasteiger partial charge in [-0.3, -0.25) is 0 Å². The van der Waals surface area contributed by atoms with Crippen LogP contribution in [0.5, 0.6) is 5.75 Å². The molecule has 2 atom stereocenters. The molecule has 3 rings (SSSR count). The fraction of sp³-hybridized carbons (Fsp3) is 0.333. The first-order valence-corrected chi connectivity index (χ1v) is 7.28. The SMILES string of the molecule is Cc1ccc(C(C)NC2CCc3ccccc32)c(O)c1. The predicted octanol–water partition coefficient (Wildman–Crippen LogP) is 4.04. The lowest BCUT2D eigenvalue weighted by Gasteiger charge is -2.21. The van der Waals surface area contributed by atoms with Gasteiger partial charge in [0.05, 0.1) is 0 Å². The van der Waals surface area contributed by atoms with E-state index in [1.807, 2.05) is 19.1 Å². The summed E-state index contributed by atoms with van der Waals surface area (Å²) in [4.78, 5) is 0. The van der Waals surface area contributed by atoms with Crippen LogP contribution in [0.1, 0.15) is 47.7 Å². The van der Waals surface area contributed by atoms with E-state index in [1.165, 1.54) is 11.1 Å². The summed E-state index contributed by atoms with van der Waals surface area (Å²) >= 11 is 0. The Balaban J connectivity index is 1.79. The van der Waals surface area contributed by atoms with Gasteiger partial charge in [-0.1, -0.05) is 36.4 Å². The summed E-state index contributed by atoms with van der Waals surface area (Å²) in [5, 5.41) is 13.7. The molecule has 2 nitrogen and oxygen atoms in total. The zero-order valence-electron chi connectivity index (χ0n) is 12.1. The minimum atomic E-state index is 0.145. The predicted molar refractivity (Wildman–Crippen MR) is 81.9 cm³/mol. The van der Waals surface area contributed by atoms with Crippen LogP contribution >= 0.6 is 0 Å². The number of phenols is 1. The van der Waals surface area contributed by atoms with Gasteiger partial charge in [-0.25, -0.2) is 0 Å². The van der Waals surface area contributed by atoms with E-state index in [-0.39, 0.29) is 6.04 Å². The molecule has 2 aromatic carbocycles. The van der Waals surface area contributed by atoms with Crippen molar-refractivity contribution in [2.75, 3.05) is 0 Å². The van der Waals surface area contributed by atoms with Gasteiger partial charge in [0.15, 0.2) is 0 Å². The lowest BCUT2D eigenvalue weighted by atomic mass is 10.0. The summed E-state index contributed by atoms with van der Waals surface area (Å²) in [5.41, 5.74) is 4.92. The number of hydrogen-bond acceptors (Lipinski definition) is 2. The summed E-state index contributed by atoms with van der Waals surface area (Å²) in [6, 6.07) is 15.1. The Hall–Kier alpha value is -1.80. The van der Waals surface area contributed by atoms with Gasteiger partial charge < -0.3 is 10.4 Å². The Morgan fingerprint density at radius 3 is 2.80 bits per heavy atom. The highest BCUT2D eigenvalue weighted by Crippen LogP contribution is 2.34. The van der Waals surface area contributed by atoms with E-state index in [4.69, 9.17) is 0 Å². The molecular formula is C18H21NO. The van der Waals surface area contributed by atoms with Crippen LogP contribution in [0.4, 0.5) is 0 Å². The maximum atomic E-state index is 10.1. The van der Waals surface area contributed by atoms with Crippen molar-refractivity contribution in [3.05, 3.63) is 64.7 Å². The van der Waals surface area contributed by atoms with Gasteiger partial charge in [-0.15, -0.1) is 0 Å². The van der Waals surface area contributed by atoms with E-state index in [9.17, 15) is 5.11 Å². The number of hydrogen-bond donors (Lipinski definition) is 2. The lowest BCUT2D eigenvalue weighted by Crippen LogP contribution is -2.23. The van der Waals surface area contributed by atoms with Gasteiger partial charge in [0.25, 0.3) is 0 Å². The molecule has 0 aliphatic heterocycles. The average molecular weight is 267 g/mol. The second-order valence-corrected chi connectivity index (χ2v) is 5.74. The number of aryl methyl sites for hydroxylation is 2. The zero-order valence-corrected chi connectivity index (χ0v) is 12.1. The quantitative estimate of drug-likeness (QED) is 0.879. The molecule has 2 heteroatoms. The monoisotopic (exact) mass is 267 g/mol. The average Bonchev–Trinajstić information content (AvgIpc) is 2.82. The van der Waals surface area contributed by atoms with Crippen LogP contribution in [0.25, 0.3) is 0 Å². The van der Waals surface area contributed by atoms with E-state index in [1.54, 1.807) is 0 Å². The topological polar surface area (TPSA) is 32.3 Å². The van der Waals surface area contributed by atoms with Crippen LogP contribution < -0.4 is 5.32 Å². The highest BCUT2D eigenvalue weighted by molar-refractivity contribution is 5.39. The number of nitrogens with one attached hydrogen (secondary N) is 1. The van der Waals surface area contributed by atoms with E-state index in [0.29, 0.717) is 11.8 Å². The fourth-order valence-electron chi connectivity index (χ4n) is 3.14. The normalized spacial score (nSPS) is 18.8. The van der Waals surface area contributed by atoms with Gasteiger partial charge >= 0.3 is 0 Å². The summed E-state index contributed by atoms with van der Waals surface area (Å²) in [7, 11) is 0. The third kappa shape index (κ3) is 2.44. The molecule has 2 N–H and O–H groups in total. The molecule has 0 fully saturated rings. The first-order chi connectivity index (χ1) is 9.65. The highest BCUT2D eigenvalue weighted by Gasteiger charge is 2.24. The largest absolute Gasteiger partial charge is 0.508 e. The minimum Gasteiger partial charge on any atom is -0.508 e. The van der Waals surface area contributed by atoms with Crippen molar-refractivity contribution in [1.29, 1.82) is 0 Å². The molecule has 1 aliphatic rings. The Kier molecular flexibility index (Phi) is 3.49. The van der Waals surface area contributed by atoms with Crippen molar-refractivity contribution in [3.63, 3.8) is 0 Å². The molecule has 0 amide bonds. The standard InChI is InChI=1S/C18H21NO/c1-12-7-9-15(18(20)11-12)13(2)19-17-10-8-14-5-3-4-6-16(14)17/h3-7,9,11,13,17,19-20H,8,10H2,1-2H3. The molecular weight excluding hydrogens is 246 g/mol. The molecule has 0 radical (unpaired) electrons. The smallest absolute Gasteiger partial charge is 0.120 e. The molecule has 2 aromatic rings. The number of rotatable bonds is 3. The second-order valence-electron chi connectivity index (χ2n) is 5.74. The van der Waals surface area contributed by atoms with Crippen LogP contribution in [0.15, 0.2) is 42.5 Å². The van der Waals surface area contributed by atoms with Crippen LogP contribution in [0.3, 0.4) is 0 Å². The second kappa shape index (κ2) is 5.29. The Morgan fingerprint density at radius 2 is 2.00 bits per heavy atom. The fourth-order valence-corrected chi connectivity index (χ4v) is 3.14. The maximum absolute atomic E-state index is 10.1. The molecule has 0 aromatic heterocycles. The van der Waals surface area contributed by atoms with E-state index >= 15 is 0 Å². The van der Waals surface area contributed by atoms with Crippen molar-refractivity contribution < 1.29 is 5.11 Å². The molecule has 20 heavy (non-hydrogen) atoms. The molecule has 0 saturated heterocycles. The number of aromatic hydroxyl groups is 1. The first kappa shape index (κ1) is 13.2. The Labute approximate surface area is 120 Å². The van der Waals surface area contributed by atoms with Gasteiger partial charge in [-0.05, 0) is 49.4 Å². The summed E-state index contributed by atoms with van der Waals surface area (Å²) in [6.07, 6.45) is 2.27. The zero-order chi connectivity index (χ0) is 14.1. The molecule has 104 valence electrons. The molecule has 0 bridgehead atoms. The molecule has 1 aliphatic carbocycles. The van der Waals surface area contributed by atoms with Gasteiger partial charge in [0.1, 0.15) is 5.75 Å². The third-order valence-electron chi connectivity index (χ3n) is 4.24. The third-order valence-corrected chi connectivity index (χ3v) is 4.24. The lowest BCUT2D eigenvalue weighted by molar-refractivity contribution is 0.428. The Bertz CT molecular complexity index is 621. The van der Waals surface area contributed by atoms with Crippen molar-refractivity contribution in [1.82, 2.24) is 5.32 Å². The van der Waals surface area contributed by atoms with E-state index in [0.717, 1.165) is 24.0 Å². The van der Waals surface area contributed by atoms with Crippen molar-refractivity contribution in [2.24, 2.45) is 0 Å². The van der Waals surface area contributed by atoms with E-state index < -0.39 is 0 Å². The van der Waals surface area contributed by atoms with Crippen molar-refractivity contribution >= 4 is 0 Å². The summed E-state index contributed by atoms with van der Waals surface area (Å²) in [6.45, 7) is 4.11. The van der Waals surface area contributed by atoms with Crippen LogP contribution in [0.2, 0.25) is 0 Å². The van der Waals surface area contributed by atoms with Crippen LogP contribution in [0, 0.1) is 6.92 Å². The molecule has 0 saturated carbocycles. The van der Waals surface area contributed by atoms with Crippen molar-refractivity contribution in [3.8, 4) is 5.75 Å². The van der Waals surface area contributed by atoms with E-state index in [2.05, 4.69) is 42.6 Å². The Morgan fingerprint density at radius 1 is 1.20 bits per heavy atom. The maximum Gasteiger partial charge on any atom is 0.120 e. The van der Waals surface area contributed by atoms with Gasteiger partial charge in [-0.2, -0.15) is 0 Å². The number of phenolic OH excluding ortho intramolecular Hbond substituents is 1. The van der Waals surface area contributed by atoms with Gasteiger partial charge in [0.2, 0.25) is 0 Å². The number of fused-ring (bicyclic) bond motifs is 1.